The maximum atomic E-state index is 12.5. The molecule has 0 radical (unpaired) electrons. The molecule has 0 aliphatic carbocycles. The van der Waals surface area contributed by atoms with Crippen molar-refractivity contribution >= 4 is 19.8 Å². The van der Waals surface area contributed by atoms with E-state index in [1.54, 1.807) is 0 Å². The SMILES string of the molecule is CCCCCC/C=C/CCCCCCCCCC(=O)O[C@H](COC(=O)CCCCCCCCCCCCCC)COP(=O)(O)OCCN. The molecule has 0 aliphatic heterocycles. The fraction of sp³-hybridized carbons (Fsp3) is 0.895. The maximum Gasteiger partial charge on any atom is 0.472 e. The predicted molar refractivity (Wildman–Crippen MR) is 197 cm³/mol. The molecular formula is C38H74NO8P. The molecule has 284 valence electrons. The molecule has 0 saturated heterocycles. The zero-order valence-corrected chi connectivity index (χ0v) is 31.9. The Morgan fingerprint density at radius 2 is 1.02 bits per heavy atom. The van der Waals surface area contributed by atoms with Crippen molar-refractivity contribution < 1.29 is 37.6 Å². The first-order valence-corrected chi connectivity index (χ1v) is 21.2. The van der Waals surface area contributed by atoms with Gasteiger partial charge in [0.25, 0.3) is 0 Å². The molecule has 0 spiro atoms. The van der Waals surface area contributed by atoms with Crippen molar-refractivity contribution in [3.8, 4) is 0 Å². The maximum absolute atomic E-state index is 12.5. The van der Waals surface area contributed by atoms with E-state index in [9.17, 15) is 19.0 Å². The topological polar surface area (TPSA) is 134 Å². The van der Waals surface area contributed by atoms with Gasteiger partial charge in [0.2, 0.25) is 0 Å². The van der Waals surface area contributed by atoms with E-state index in [-0.39, 0.29) is 38.6 Å². The van der Waals surface area contributed by atoms with Crippen molar-refractivity contribution in [2.24, 2.45) is 5.73 Å². The Hall–Kier alpha value is -1.25. The molecule has 0 saturated carbocycles. The number of unbranched alkanes of at least 4 members (excludes halogenated alkanes) is 22. The highest BCUT2D eigenvalue weighted by Gasteiger charge is 2.25. The molecule has 0 fully saturated rings. The predicted octanol–water partition coefficient (Wildman–Crippen LogP) is 10.7. The number of carbonyl (C=O) groups is 2. The quantitative estimate of drug-likeness (QED) is 0.0280. The van der Waals surface area contributed by atoms with Crippen molar-refractivity contribution in [1.29, 1.82) is 0 Å². The van der Waals surface area contributed by atoms with Crippen molar-refractivity contribution in [1.82, 2.24) is 0 Å². The fourth-order valence-electron chi connectivity index (χ4n) is 5.45. The molecular weight excluding hydrogens is 629 g/mol. The zero-order chi connectivity index (χ0) is 35.4. The third-order valence-corrected chi connectivity index (χ3v) is 9.39. The number of ether oxygens (including phenoxy) is 2. The van der Waals surface area contributed by atoms with E-state index in [0.29, 0.717) is 6.42 Å². The monoisotopic (exact) mass is 704 g/mol. The van der Waals surface area contributed by atoms with Crippen LogP contribution in [0.4, 0.5) is 0 Å². The van der Waals surface area contributed by atoms with Gasteiger partial charge in [-0.1, -0.05) is 148 Å². The van der Waals surface area contributed by atoms with E-state index < -0.39 is 26.5 Å². The minimum atomic E-state index is -4.37. The lowest BCUT2D eigenvalue weighted by Gasteiger charge is -2.19. The van der Waals surface area contributed by atoms with E-state index >= 15 is 0 Å². The van der Waals surface area contributed by atoms with Gasteiger partial charge >= 0.3 is 19.8 Å². The number of phosphoric acid groups is 1. The number of hydrogen-bond donors (Lipinski definition) is 2. The second kappa shape index (κ2) is 35.6. The standard InChI is InChI=1S/C38H74NO8P/c1-3-5-7-9-11-13-15-17-18-19-21-23-25-27-29-31-38(41)47-36(35-46-48(42,43)45-33-32-39)34-44-37(40)30-28-26-24-22-20-16-14-12-10-8-6-4-2/h13,15,36H,3-12,14,16-35,39H2,1-2H3,(H,42,43)/b15-13+/t36-/m1/s1. The van der Waals surface area contributed by atoms with Gasteiger partial charge in [0, 0.05) is 19.4 Å². The van der Waals surface area contributed by atoms with Crippen LogP contribution in [0.1, 0.15) is 187 Å². The Labute approximate surface area is 294 Å². The summed E-state index contributed by atoms with van der Waals surface area (Å²) in [4.78, 5) is 34.7. The van der Waals surface area contributed by atoms with Crippen LogP contribution in [-0.2, 0) is 32.7 Å². The summed E-state index contributed by atoms with van der Waals surface area (Å²) in [5, 5.41) is 0. The van der Waals surface area contributed by atoms with Gasteiger partial charge in [-0.2, -0.15) is 0 Å². The van der Waals surface area contributed by atoms with E-state index in [1.807, 2.05) is 0 Å². The van der Waals surface area contributed by atoms with Crippen LogP contribution < -0.4 is 5.73 Å². The third-order valence-electron chi connectivity index (χ3n) is 8.40. The Balaban J connectivity index is 4.19. The van der Waals surface area contributed by atoms with Crippen LogP contribution in [0.5, 0.6) is 0 Å². The number of hydrogen-bond acceptors (Lipinski definition) is 8. The van der Waals surface area contributed by atoms with Gasteiger partial charge in [-0.3, -0.25) is 18.6 Å². The van der Waals surface area contributed by atoms with Crippen molar-refractivity contribution in [3.05, 3.63) is 12.2 Å². The molecule has 0 aromatic carbocycles. The van der Waals surface area contributed by atoms with Crippen LogP contribution in [0.2, 0.25) is 0 Å². The first kappa shape index (κ1) is 46.8. The first-order chi connectivity index (χ1) is 23.3. The molecule has 0 aliphatic rings. The smallest absolute Gasteiger partial charge is 0.462 e. The Morgan fingerprint density at radius 3 is 1.50 bits per heavy atom. The highest BCUT2D eigenvalue weighted by Crippen LogP contribution is 2.43. The number of nitrogens with two attached hydrogens (primary N) is 1. The number of allylic oxidation sites excluding steroid dienone is 2. The van der Waals surface area contributed by atoms with Crippen LogP contribution in [-0.4, -0.2) is 49.3 Å². The molecule has 9 nitrogen and oxygen atoms in total. The van der Waals surface area contributed by atoms with Crippen LogP contribution in [0.25, 0.3) is 0 Å². The van der Waals surface area contributed by atoms with Gasteiger partial charge in [0.1, 0.15) is 6.61 Å². The second-order valence-corrected chi connectivity index (χ2v) is 14.6. The largest absolute Gasteiger partial charge is 0.472 e. The molecule has 2 atom stereocenters. The van der Waals surface area contributed by atoms with Gasteiger partial charge in [0.15, 0.2) is 6.10 Å². The Bertz CT molecular complexity index is 810. The average molecular weight is 704 g/mol. The zero-order valence-electron chi connectivity index (χ0n) is 31.0. The number of carbonyl (C=O) groups excluding carboxylic acids is 2. The van der Waals surface area contributed by atoms with Crippen molar-refractivity contribution in [3.63, 3.8) is 0 Å². The summed E-state index contributed by atoms with van der Waals surface area (Å²) in [5.74, 6) is -0.828. The second-order valence-electron chi connectivity index (χ2n) is 13.2. The summed E-state index contributed by atoms with van der Waals surface area (Å²) in [5.41, 5.74) is 5.33. The minimum Gasteiger partial charge on any atom is -0.462 e. The van der Waals surface area contributed by atoms with E-state index in [2.05, 4.69) is 26.0 Å². The summed E-state index contributed by atoms with van der Waals surface area (Å²) in [6.45, 7) is 3.72. The molecule has 1 unspecified atom stereocenters. The van der Waals surface area contributed by atoms with Crippen molar-refractivity contribution in [2.45, 2.75) is 193 Å². The van der Waals surface area contributed by atoms with Gasteiger partial charge in [-0.15, -0.1) is 0 Å². The lowest BCUT2D eigenvalue weighted by atomic mass is 10.0. The molecule has 3 N–H and O–H groups in total. The lowest BCUT2D eigenvalue weighted by molar-refractivity contribution is -0.161. The van der Waals surface area contributed by atoms with Gasteiger partial charge in [-0.25, -0.2) is 4.57 Å². The van der Waals surface area contributed by atoms with E-state index in [1.165, 1.54) is 109 Å². The van der Waals surface area contributed by atoms with Crippen LogP contribution in [0.3, 0.4) is 0 Å². The molecule has 0 aromatic heterocycles. The first-order valence-electron chi connectivity index (χ1n) is 19.7. The summed E-state index contributed by atoms with van der Waals surface area (Å²) < 4.78 is 32.7. The van der Waals surface area contributed by atoms with Crippen LogP contribution >= 0.6 is 7.82 Å². The van der Waals surface area contributed by atoms with Gasteiger partial charge in [-0.05, 0) is 38.5 Å². The molecule has 10 heteroatoms. The minimum absolute atomic E-state index is 0.0552. The van der Waals surface area contributed by atoms with Gasteiger partial charge in [0.05, 0.1) is 13.2 Å². The number of rotatable bonds is 37. The van der Waals surface area contributed by atoms with E-state index in [4.69, 9.17) is 24.3 Å². The molecule has 0 bridgehead atoms. The fourth-order valence-corrected chi connectivity index (χ4v) is 6.22. The van der Waals surface area contributed by atoms with E-state index in [0.717, 1.165) is 44.9 Å². The summed E-state index contributed by atoms with van der Waals surface area (Å²) in [7, 11) is -4.37. The molecule has 0 heterocycles. The normalized spacial score (nSPS) is 13.5. The number of phosphoric ester groups is 1. The van der Waals surface area contributed by atoms with Crippen LogP contribution in [0.15, 0.2) is 12.2 Å². The summed E-state index contributed by atoms with van der Waals surface area (Å²) >= 11 is 0. The molecule has 0 rings (SSSR count). The number of esters is 2. The van der Waals surface area contributed by atoms with Crippen LogP contribution in [0, 0.1) is 0 Å². The lowest BCUT2D eigenvalue weighted by Crippen LogP contribution is -2.29. The Kier molecular flexibility index (Phi) is 34.6. The molecule has 0 amide bonds. The highest BCUT2D eigenvalue weighted by molar-refractivity contribution is 7.47. The average Bonchev–Trinajstić information content (AvgIpc) is 3.07. The molecule has 0 aromatic rings. The third kappa shape index (κ3) is 34.6. The summed E-state index contributed by atoms with van der Waals surface area (Å²) in [6, 6.07) is 0. The highest BCUT2D eigenvalue weighted by atomic mass is 31.2. The Morgan fingerprint density at radius 1 is 0.604 bits per heavy atom. The molecule has 48 heavy (non-hydrogen) atoms. The van der Waals surface area contributed by atoms with Gasteiger partial charge < -0.3 is 20.1 Å². The van der Waals surface area contributed by atoms with Crippen molar-refractivity contribution in [2.75, 3.05) is 26.4 Å². The summed E-state index contributed by atoms with van der Waals surface area (Å²) in [6.07, 6.45) is 33.8.